The third kappa shape index (κ3) is 6.53. The first-order valence-corrected chi connectivity index (χ1v) is 11.1. The molecule has 0 radical (unpaired) electrons. The lowest BCUT2D eigenvalue weighted by Gasteiger charge is -2.28. The third-order valence-corrected chi connectivity index (χ3v) is 5.72. The first-order valence-electron chi connectivity index (χ1n) is 11.1. The molecule has 0 unspecified atom stereocenters. The van der Waals surface area contributed by atoms with Crippen molar-refractivity contribution in [3.63, 3.8) is 0 Å². The van der Waals surface area contributed by atoms with Crippen LogP contribution in [-0.2, 0) is 23.9 Å². The van der Waals surface area contributed by atoms with Crippen LogP contribution in [0.1, 0.15) is 63.8 Å². The zero-order valence-corrected chi connectivity index (χ0v) is 20.8. The predicted molar refractivity (Wildman–Crippen MR) is 130 cm³/mol. The Balaban J connectivity index is 2.45. The average molecular weight is 445 g/mol. The van der Waals surface area contributed by atoms with Crippen molar-refractivity contribution in [2.45, 2.75) is 65.5 Å². The van der Waals surface area contributed by atoms with Crippen LogP contribution in [-0.4, -0.2) is 57.4 Å². The van der Waals surface area contributed by atoms with Gasteiger partial charge in [0.25, 0.3) is 0 Å². The summed E-state index contributed by atoms with van der Waals surface area (Å²) in [5, 5.41) is 41.7. The molecule has 6 nitrogen and oxygen atoms in total. The quantitative estimate of drug-likeness (QED) is 0.464. The fourth-order valence-electron chi connectivity index (χ4n) is 3.50. The van der Waals surface area contributed by atoms with Crippen LogP contribution < -0.4 is 0 Å². The smallest absolute Gasteiger partial charge is 0.162 e. The molecule has 0 aliphatic rings. The highest BCUT2D eigenvalue weighted by molar-refractivity contribution is 5.50. The van der Waals surface area contributed by atoms with Crippen molar-refractivity contribution in [3.05, 3.63) is 46.5 Å². The number of phenols is 4. The van der Waals surface area contributed by atoms with Crippen LogP contribution >= 0.6 is 0 Å². The van der Waals surface area contributed by atoms with Crippen molar-refractivity contribution in [2.75, 3.05) is 27.2 Å². The van der Waals surface area contributed by atoms with E-state index in [-0.39, 0.29) is 33.8 Å². The van der Waals surface area contributed by atoms with Crippen molar-refractivity contribution < 1.29 is 20.4 Å². The van der Waals surface area contributed by atoms with E-state index in [1.807, 2.05) is 26.2 Å². The molecule has 2 aromatic rings. The van der Waals surface area contributed by atoms with E-state index >= 15 is 0 Å². The summed E-state index contributed by atoms with van der Waals surface area (Å²) >= 11 is 0. The molecule has 0 saturated carbocycles. The number of hydrogen-bond acceptors (Lipinski definition) is 6. The molecule has 4 N–H and O–H groups in total. The number of likely N-dealkylation sites (N-methyl/N-ethyl adjacent to an activating group) is 1. The van der Waals surface area contributed by atoms with Crippen molar-refractivity contribution in [2.24, 2.45) is 0 Å². The maximum atomic E-state index is 10.6. The molecule has 0 heterocycles. The minimum Gasteiger partial charge on any atom is -0.504 e. The largest absolute Gasteiger partial charge is 0.504 e. The molecule has 6 heteroatoms. The molecule has 0 atom stereocenters. The summed E-state index contributed by atoms with van der Waals surface area (Å²) in [7, 11) is 3.98. The summed E-state index contributed by atoms with van der Waals surface area (Å²) in [5.41, 5.74) is 2.77. The summed E-state index contributed by atoms with van der Waals surface area (Å²) in [6.07, 6.45) is 0. The molecule has 0 saturated heterocycles. The van der Waals surface area contributed by atoms with Crippen LogP contribution in [0.15, 0.2) is 24.3 Å². The van der Waals surface area contributed by atoms with E-state index in [0.29, 0.717) is 30.8 Å². The highest BCUT2D eigenvalue weighted by atomic mass is 16.3. The van der Waals surface area contributed by atoms with Crippen LogP contribution in [0.4, 0.5) is 0 Å². The van der Waals surface area contributed by atoms with E-state index in [4.69, 9.17) is 0 Å². The van der Waals surface area contributed by atoms with E-state index in [9.17, 15) is 20.4 Å². The molecule has 0 aliphatic carbocycles. The SMILES string of the molecule is CN(C)CCN(Cc1cc(C(C)(C)C)cc(O)c1O)Cc1cc(C(C)(C)C)cc(O)c1O. The molecule has 178 valence electrons. The molecule has 0 spiro atoms. The lowest BCUT2D eigenvalue weighted by molar-refractivity contribution is 0.220. The summed E-state index contributed by atoms with van der Waals surface area (Å²) in [6, 6.07) is 7.08. The van der Waals surface area contributed by atoms with Gasteiger partial charge in [0.1, 0.15) is 0 Å². The van der Waals surface area contributed by atoms with Gasteiger partial charge in [-0.15, -0.1) is 0 Å². The Kier molecular flexibility index (Phi) is 7.74. The minimum absolute atomic E-state index is 0.122. The minimum atomic E-state index is -0.181. The van der Waals surface area contributed by atoms with Crippen molar-refractivity contribution in [3.8, 4) is 23.0 Å². The Hall–Kier alpha value is -2.44. The zero-order valence-electron chi connectivity index (χ0n) is 20.8. The zero-order chi connectivity index (χ0) is 24.4. The Bertz CT molecular complexity index is 869. The lowest BCUT2D eigenvalue weighted by atomic mass is 9.85. The van der Waals surface area contributed by atoms with Crippen LogP contribution in [0.5, 0.6) is 23.0 Å². The third-order valence-electron chi connectivity index (χ3n) is 5.72. The van der Waals surface area contributed by atoms with Gasteiger partial charge in [-0.1, -0.05) is 53.7 Å². The molecule has 0 aromatic heterocycles. The molecule has 0 bridgehead atoms. The standard InChI is InChI=1S/C26H40N2O4/c1-25(2,3)19-11-17(23(31)21(29)13-19)15-28(10-9-27(7)8)16-18-12-20(26(4,5)6)14-22(30)24(18)32/h11-14,29-32H,9-10,15-16H2,1-8H3. The maximum Gasteiger partial charge on any atom is 0.162 e. The molecule has 0 fully saturated rings. The first-order chi connectivity index (χ1) is 14.6. The first kappa shape index (κ1) is 25.8. The Morgan fingerprint density at radius 1 is 0.625 bits per heavy atom. The maximum absolute atomic E-state index is 10.6. The highest BCUT2D eigenvalue weighted by Crippen LogP contribution is 2.38. The van der Waals surface area contributed by atoms with Gasteiger partial charge in [0, 0.05) is 37.3 Å². The molecule has 0 amide bonds. The van der Waals surface area contributed by atoms with Gasteiger partial charge in [0.05, 0.1) is 0 Å². The van der Waals surface area contributed by atoms with Crippen LogP contribution in [0.2, 0.25) is 0 Å². The Labute approximate surface area is 192 Å². The molecule has 2 rings (SSSR count). The van der Waals surface area contributed by atoms with Crippen LogP contribution in [0.25, 0.3) is 0 Å². The number of nitrogens with zero attached hydrogens (tertiary/aromatic N) is 2. The van der Waals surface area contributed by atoms with E-state index in [1.54, 1.807) is 12.1 Å². The van der Waals surface area contributed by atoms with Gasteiger partial charge in [-0.05, 0) is 48.2 Å². The molecule has 0 aliphatic heterocycles. The Morgan fingerprint density at radius 3 is 1.31 bits per heavy atom. The fourth-order valence-corrected chi connectivity index (χ4v) is 3.50. The number of benzene rings is 2. The molecule has 32 heavy (non-hydrogen) atoms. The molecular formula is C26H40N2O4. The lowest BCUT2D eigenvalue weighted by Crippen LogP contribution is -2.31. The molecular weight excluding hydrogens is 404 g/mol. The normalized spacial score (nSPS) is 12.7. The number of hydrogen-bond donors (Lipinski definition) is 4. The van der Waals surface area contributed by atoms with Crippen molar-refractivity contribution in [1.29, 1.82) is 0 Å². The highest BCUT2D eigenvalue weighted by Gasteiger charge is 2.23. The summed E-state index contributed by atoms with van der Waals surface area (Å²) in [5.74, 6) is -0.503. The van der Waals surface area contributed by atoms with Gasteiger partial charge in [-0.2, -0.15) is 0 Å². The van der Waals surface area contributed by atoms with E-state index in [1.165, 1.54) is 0 Å². The monoisotopic (exact) mass is 444 g/mol. The van der Waals surface area contributed by atoms with Gasteiger partial charge >= 0.3 is 0 Å². The second-order valence-electron chi connectivity index (χ2n) is 11.0. The van der Waals surface area contributed by atoms with E-state index in [2.05, 4.69) is 51.3 Å². The summed E-state index contributed by atoms with van der Waals surface area (Å²) in [4.78, 5) is 4.17. The van der Waals surface area contributed by atoms with Gasteiger partial charge in [0.15, 0.2) is 23.0 Å². The van der Waals surface area contributed by atoms with Crippen molar-refractivity contribution in [1.82, 2.24) is 9.80 Å². The topological polar surface area (TPSA) is 87.4 Å². The second kappa shape index (κ2) is 9.59. The number of phenolic OH excluding ortho intramolecular Hbond substituents is 4. The van der Waals surface area contributed by atoms with E-state index < -0.39 is 0 Å². The van der Waals surface area contributed by atoms with Crippen LogP contribution in [0, 0.1) is 0 Å². The summed E-state index contributed by atoms with van der Waals surface area (Å²) in [6.45, 7) is 14.6. The summed E-state index contributed by atoms with van der Waals surface area (Å²) < 4.78 is 0. The van der Waals surface area contributed by atoms with Crippen molar-refractivity contribution >= 4 is 0 Å². The fraction of sp³-hybridized carbons (Fsp3) is 0.538. The Morgan fingerprint density at radius 2 is 1.00 bits per heavy atom. The molecule has 2 aromatic carbocycles. The van der Waals surface area contributed by atoms with E-state index in [0.717, 1.165) is 17.7 Å². The number of rotatable bonds is 7. The van der Waals surface area contributed by atoms with Gasteiger partial charge in [0.2, 0.25) is 0 Å². The van der Waals surface area contributed by atoms with Crippen LogP contribution in [0.3, 0.4) is 0 Å². The number of aromatic hydroxyl groups is 4. The van der Waals surface area contributed by atoms with Gasteiger partial charge < -0.3 is 25.3 Å². The second-order valence-corrected chi connectivity index (χ2v) is 11.0. The van der Waals surface area contributed by atoms with Gasteiger partial charge in [-0.25, -0.2) is 0 Å². The predicted octanol–water partition coefficient (Wildman–Crippen LogP) is 4.67. The average Bonchev–Trinajstić information content (AvgIpc) is 2.64. The van der Waals surface area contributed by atoms with Gasteiger partial charge in [-0.3, -0.25) is 4.90 Å².